The molecule has 0 heterocycles. The van der Waals surface area contributed by atoms with E-state index in [1.165, 1.54) is 6.07 Å². The van der Waals surface area contributed by atoms with Gasteiger partial charge in [0, 0.05) is 27.7 Å². The number of nitro groups is 1. The smallest absolute Gasteiger partial charge is 0.274 e. The van der Waals surface area contributed by atoms with Crippen molar-refractivity contribution in [2.24, 2.45) is 5.73 Å². The van der Waals surface area contributed by atoms with Gasteiger partial charge in [-0.25, -0.2) is 0 Å². The van der Waals surface area contributed by atoms with E-state index in [-0.39, 0.29) is 11.7 Å². The summed E-state index contributed by atoms with van der Waals surface area (Å²) in [6.07, 6.45) is 0.943. The van der Waals surface area contributed by atoms with E-state index >= 15 is 0 Å². The molecule has 2 aromatic carbocycles. The molecule has 0 aromatic heterocycles. The van der Waals surface area contributed by atoms with E-state index in [2.05, 4.69) is 0 Å². The number of nitrogens with two attached hydrogens (primary N) is 1. The largest absolute Gasteiger partial charge is 0.327 e. The van der Waals surface area contributed by atoms with Crippen LogP contribution in [-0.4, -0.2) is 11.0 Å². The van der Waals surface area contributed by atoms with E-state index in [4.69, 9.17) is 28.9 Å². The average molecular weight is 325 g/mol. The Balaban J connectivity index is 2.15. The first-order chi connectivity index (χ1) is 9.97. The van der Waals surface area contributed by atoms with E-state index in [0.29, 0.717) is 28.5 Å². The average Bonchev–Trinajstić information content (AvgIpc) is 2.43. The number of hydrogen-bond acceptors (Lipinski definition) is 3. The Morgan fingerprint density at radius 1 is 1.10 bits per heavy atom. The molecule has 0 aliphatic heterocycles. The minimum Gasteiger partial charge on any atom is -0.327 e. The molecule has 0 radical (unpaired) electrons. The summed E-state index contributed by atoms with van der Waals surface area (Å²) in [5.74, 6) is 0. The molecule has 2 rings (SSSR count). The Bertz CT molecular complexity index is 662. The first-order valence-corrected chi connectivity index (χ1v) is 7.14. The molecule has 1 atom stereocenters. The first kappa shape index (κ1) is 15.8. The third-order valence-electron chi connectivity index (χ3n) is 3.17. The minimum absolute atomic E-state index is 0.00268. The molecule has 110 valence electrons. The van der Waals surface area contributed by atoms with E-state index in [1.807, 2.05) is 18.2 Å². The molecular weight excluding hydrogens is 311 g/mol. The normalized spacial score (nSPS) is 12.1. The van der Waals surface area contributed by atoms with Crippen molar-refractivity contribution < 1.29 is 4.92 Å². The molecule has 1 unspecified atom stereocenters. The van der Waals surface area contributed by atoms with Crippen LogP contribution in [0, 0.1) is 10.1 Å². The van der Waals surface area contributed by atoms with Gasteiger partial charge in [0.05, 0.1) is 4.92 Å². The third-order valence-corrected chi connectivity index (χ3v) is 3.77. The lowest BCUT2D eigenvalue weighted by atomic mass is 9.98. The molecule has 0 saturated heterocycles. The van der Waals surface area contributed by atoms with Crippen molar-refractivity contribution >= 4 is 28.9 Å². The van der Waals surface area contributed by atoms with Gasteiger partial charge in [0.2, 0.25) is 0 Å². The molecule has 0 bridgehead atoms. The Kier molecular flexibility index (Phi) is 5.17. The Hall–Kier alpha value is -1.62. The zero-order chi connectivity index (χ0) is 15.4. The molecule has 0 aliphatic rings. The van der Waals surface area contributed by atoms with Gasteiger partial charge in [-0.05, 0) is 30.5 Å². The van der Waals surface area contributed by atoms with Crippen LogP contribution in [0.15, 0.2) is 42.5 Å². The van der Waals surface area contributed by atoms with Crippen molar-refractivity contribution in [2.75, 3.05) is 0 Å². The van der Waals surface area contributed by atoms with Crippen LogP contribution in [0.2, 0.25) is 10.0 Å². The van der Waals surface area contributed by atoms with E-state index in [0.717, 1.165) is 5.56 Å². The topological polar surface area (TPSA) is 69.2 Å². The van der Waals surface area contributed by atoms with Crippen LogP contribution >= 0.6 is 23.2 Å². The second kappa shape index (κ2) is 6.89. The third kappa shape index (κ3) is 4.17. The lowest BCUT2D eigenvalue weighted by Crippen LogP contribution is -2.26. The minimum atomic E-state index is -0.441. The first-order valence-electron chi connectivity index (χ1n) is 6.39. The van der Waals surface area contributed by atoms with Crippen LogP contribution in [0.3, 0.4) is 0 Å². The van der Waals surface area contributed by atoms with Crippen LogP contribution in [-0.2, 0) is 12.8 Å². The van der Waals surface area contributed by atoms with Crippen molar-refractivity contribution in [3.05, 3.63) is 73.8 Å². The Labute approximate surface area is 132 Å². The SMILES string of the molecule is NC(Cc1ccccc1Cl)Cc1ccc(Cl)cc1[N+](=O)[O-]. The molecule has 2 N–H and O–H groups in total. The molecule has 21 heavy (non-hydrogen) atoms. The summed E-state index contributed by atoms with van der Waals surface area (Å²) in [6, 6.07) is 11.8. The van der Waals surface area contributed by atoms with Crippen molar-refractivity contribution in [3.8, 4) is 0 Å². The highest BCUT2D eigenvalue weighted by Crippen LogP contribution is 2.25. The molecule has 0 spiro atoms. The van der Waals surface area contributed by atoms with Gasteiger partial charge in [0.25, 0.3) is 5.69 Å². The van der Waals surface area contributed by atoms with Crippen LogP contribution in [0.1, 0.15) is 11.1 Å². The zero-order valence-corrected chi connectivity index (χ0v) is 12.6. The predicted molar refractivity (Wildman–Crippen MR) is 84.9 cm³/mol. The van der Waals surface area contributed by atoms with Gasteiger partial charge in [-0.2, -0.15) is 0 Å². The molecule has 2 aromatic rings. The summed E-state index contributed by atoms with van der Waals surface area (Å²) in [4.78, 5) is 10.6. The number of benzene rings is 2. The van der Waals surface area contributed by atoms with E-state index < -0.39 is 4.92 Å². The summed E-state index contributed by atoms with van der Waals surface area (Å²) in [7, 11) is 0. The molecule has 0 saturated carbocycles. The highest BCUT2D eigenvalue weighted by molar-refractivity contribution is 6.31. The number of halogens is 2. The summed E-state index contributed by atoms with van der Waals surface area (Å²) >= 11 is 11.9. The fourth-order valence-electron chi connectivity index (χ4n) is 2.18. The molecule has 6 heteroatoms. The maximum atomic E-state index is 11.1. The lowest BCUT2D eigenvalue weighted by Gasteiger charge is -2.13. The standard InChI is InChI=1S/C15H14Cl2N2O2/c16-12-6-5-11(15(9-12)19(20)21)8-13(18)7-10-3-1-2-4-14(10)17/h1-6,9,13H,7-8,18H2. The maximum absolute atomic E-state index is 11.1. The second-order valence-corrected chi connectivity index (χ2v) is 5.63. The van der Waals surface area contributed by atoms with Gasteiger partial charge in [0.15, 0.2) is 0 Å². The highest BCUT2D eigenvalue weighted by atomic mass is 35.5. The van der Waals surface area contributed by atoms with Gasteiger partial charge in [0.1, 0.15) is 0 Å². The zero-order valence-electron chi connectivity index (χ0n) is 11.1. The highest BCUT2D eigenvalue weighted by Gasteiger charge is 2.17. The van der Waals surface area contributed by atoms with E-state index in [9.17, 15) is 10.1 Å². The number of nitrogens with zero attached hydrogens (tertiary/aromatic N) is 1. The molecule has 0 aliphatic carbocycles. The number of hydrogen-bond donors (Lipinski definition) is 1. The van der Waals surface area contributed by atoms with Gasteiger partial charge in [-0.3, -0.25) is 10.1 Å². The quantitative estimate of drug-likeness (QED) is 0.667. The Morgan fingerprint density at radius 2 is 1.76 bits per heavy atom. The summed E-state index contributed by atoms with van der Waals surface area (Å²) in [5, 5.41) is 12.0. The Morgan fingerprint density at radius 3 is 2.43 bits per heavy atom. The summed E-state index contributed by atoms with van der Waals surface area (Å²) in [5.41, 5.74) is 7.60. The van der Waals surface area contributed by atoms with Crippen molar-refractivity contribution in [1.82, 2.24) is 0 Å². The van der Waals surface area contributed by atoms with Crippen molar-refractivity contribution in [3.63, 3.8) is 0 Å². The van der Waals surface area contributed by atoms with Crippen molar-refractivity contribution in [1.29, 1.82) is 0 Å². The summed E-state index contributed by atoms with van der Waals surface area (Å²) < 4.78 is 0. The monoisotopic (exact) mass is 324 g/mol. The number of nitro benzene ring substituents is 1. The molecule has 0 fully saturated rings. The van der Waals surface area contributed by atoms with Gasteiger partial charge in [-0.15, -0.1) is 0 Å². The van der Waals surface area contributed by atoms with Crippen molar-refractivity contribution in [2.45, 2.75) is 18.9 Å². The van der Waals surface area contributed by atoms with E-state index in [1.54, 1.807) is 18.2 Å². The van der Waals surface area contributed by atoms with Gasteiger partial charge >= 0.3 is 0 Å². The van der Waals surface area contributed by atoms with Gasteiger partial charge in [-0.1, -0.05) is 47.5 Å². The molecule has 0 amide bonds. The van der Waals surface area contributed by atoms with Crippen LogP contribution in [0.4, 0.5) is 5.69 Å². The lowest BCUT2D eigenvalue weighted by molar-refractivity contribution is -0.385. The second-order valence-electron chi connectivity index (χ2n) is 4.79. The summed E-state index contributed by atoms with van der Waals surface area (Å²) in [6.45, 7) is 0. The fourth-order valence-corrected chi connectivity index (χ4v) is 2.56. The van der Waals surface area contributed by atoms with Gasteiger partial charge < -0.3 is 5.73 Å². The molecule has 4 nitrogen and oxygen atoms in total. The van der Waals surface area contributed by atoms with Crippen LogP contribution < -0.4 is 5.73 Å². The fraction of sp³-hybridized carbons (Fsp3) is 0.200. The number of rotatable bonds is 5. The maximum Gasteiger partial charge on any atom is 0.274 e. The molecular formula is C15H14Cl2N2O2. The predicted octanol–water partition coefficient (Wildman–Crippen LogP) is 4.01. The van der Waals surface area contributed by atoms with Crippen LogP contribution in [0.5, 0.6) is 0 Å². The van der Waals surface area contributed by atoms with Crippen LogP contribution in [0.25, 0.3) is 0 Å².